The second-order valence-electron chi connectivity index (χ2n) is 6.30. The number of ether oxygens (including phenoxy) is 1. The molecule has 2 aromatic rings. The SMILES string of the molecule is CCN1CC(=O)N(CCc2ccc(OC)cc2)C1c1ccc(Cl)c(Cl)c1. The van der Waals surface area contributed by atoms with Gasteiger partial charge in [-0.1, -0.05) is 48.3 Å². The third-order valence-electron chi connectivity index (χ3n) is 4.75. The van der Waals surface area contributed by atoms with Crippen LogP contribution in [0.4, 0.5) is 0 Å². The quantitative estimate of drug-likeness (QED) is 0.729. The summed E-state index contributed by atoms with van der Waals surface area (Å²) in [6.45, 7) is 3.91. The maximum Gasteiger partial charge on any atom is 0.238 e. The summed E-state index contributed by atoms with van der Waals surface area (Å²) < 4.78 is 5.19. The molecule has 1 unspecified atom stereocenters. The molecule has 4 nitrogen and oxygen atoms in total. The highest BCUT2D eigenvalue weighted by atomic mass is 35.5. The largest absolute Gasteiger partial charge is 0.497 e. The van der Waals surface area contributed by atoms with Crippen LogP contribution in [0.1, 0.15) is 24.2 Å². The second-order valence-corrected chi connectivity index (χ2v) is 7.11. The van der Waals surface area contributed by atoms with Crippen molar-refractivity contribution in [3.8, 4) is 5.75 Å². The van der Waals surface area contributed by atoms with E-state index in [4.69, 9.17) is 27.9 Å². The molecule has 1 fully saturated rings. The number of likely N-dealkylation sites (N-methyl/N-ethyl adjacent to an activating group) is 1. The maximum atomic E-state index is 12.6. The lowest BCUT2D eigenvalue weighted by Gasteiger charge is -2.30. The second kappa shape index (κ2) is 8.30. The van der Waals surface area contributed by atoms with Crippen molar-refractivity contribution in [1.29, 1.82) is 0 Å². The topological polar surface area (TPSA) is 32.8 Å². The Morgan fingerprint density at radius 2 is 1.85 bits per heavy atom. The summed E-state index contributed by atoms with van der Waals surface area (Å²) in [7, 11) is 1.65. The molecule has 1 atom stereocenters. The van der Waals surface area contributed by atoms with Crippen molar-refractivity contribution in [2.75, 3.05) is 26.7 Å². The lowest BCUT2D eigenvalue weighted by Crippen LogP contribution is -2.33. The number of hydrogen-bond donors (Lipinski definition) is 0. The normalized spacial score (nSPS) is 17.8. The van der Waals surface area contributed by atoms with E-state index in [1.165, 1.54) is 5.56 Å². The number of hydrogen-bond acceptors (Lipinski definition) is 3. The average Bonchev–Trinajstić information content (AvgIpc) is 2.98. The highest BCUT2D eigenvalue weighted by molar-refractivity contribution is 6.42. The molecule has 0 spiro atoms. The first kappa shape index (κ1) is 19.0. The summed E-state index contributed by atoms with van der Waals surface area (Å²) in [6, 6.07) is 13.5. The average molecular weight is 393 g/mol. The molecule has 2 aromatic carbocycles. The molecule has 0 saturated carbocycles. The molecule has 1 saturated heterocycles. The number of benzene rings is 2. The van der Waals surface area contributed by atoms with Crippen LogP contribution in [0.2, 0.25) is 10.0 Å². The van der Waals surface area contributed by atoms with Crippen molar-refractivity contribution in [3.63, 3.8) is 0 Å². The smallest absolute Gasteiger partial charge is 0.238 e. The van der Waals surface area contributed by atoms with Crippen molar-refractivity contribution in [1.82, 2.24) is 9.80 Å². The van der Waals surface area contributed by atoms with Crippen LogP contribution in [0.5, 0.6) is 5.75 Å². The van der Waals surface area contributed by atoms with Gasteiger partial charge in [-0.25, -0.2) is 0 Å². The Morgan fingerprint density at radius 1 is 1.12 bits per heavy atom. The summed E-state index contributed by atoms with van der Waals surface area (Å²) in [5, 5.41) is 1.03. The number of halogens is 2. The Morgan fingerprint density at radius 3 is 2.46 bits per heavy atom. The van der Waals surface area contributed by atoms with E-state index in [2.05, 4.69) is 11.8 Å². The van der Waals surface area contributed by atoms with E-state index in [9.17, 15) is 4.79 Å². The van der Waals surface area contributed by atoms with Gasteiger partial charge < -0.3 is 9.64 Å². The van der Waals surface area contributed by atoms with Gasteiger partial charge in [-0.2, -0.15) is 0 Å². The van der Waals surface area contributed by atoms with Crippen molar-refractivity contribution >= 4 is 29.1 Å². The minimum atomic E-state index is -0.111. The molecule has 1 aliphatic rings. The van der Waals surface area contributed by atoms with Crippen LogP contribution in [0.15, 0.2) is 42.5 Å². The van der Waals surface area contributed by atoms with E-state index in [0.717, 1.165) is 24.3 Å². The van der Waals surface area contributed by atoms with Crippen molar-refractivity contribution in [2.24, 2.45) is 0 Å². The zero-order valence-electron chi connectivity index (χ0n) is 14.9. The van der Waals surface area contributed by atoms with E-state index in [0.29, 0.717) is 23.1 Å². The molecule has 0 radical (unpaired) electrons. The van der Waals surface area contributed by atoms with E-state index in [1.54, 1.807) is 13.2 Å². The van der Waals surface area contributed by atoms with E-state index in [1.807, 2.05) is 41.3 Å². The molecule has 0 aromatic heterocycles. The minimum absolute atomic E-state index is 0.111. The number of amides is 1. The van der Waals surface area contributed by atoms with Crippen LogP contribution in [-0.2, 0) is 11.2 Å². The summed E-state index contributed by atoms with van der Waals surface area (Å²) in [4.78, 5) is 16.7. The third-order valence-corrected chi connectivity index (χ3v) is 5.49. The van der Waals surface area contributed by atoms with Crippen LogP contribution in [0, 0.1) is 0 Å². The van der Waals surface area contributed by atoms with Crippen LogP contribution in [0.3, 0.4) is 0 Å². The highest BCUT2D eigenvalue weighted by Gasteiger charge is 2.37. The predicted molar refractivity (Wildman–Crippen MR) is 105 cm³/mol. The fourth-order valence-electron chi connectivity index (χ4n) is 3.32. The first-order valence-electron chi connectivity index (χ1n) is 8.65. The van der Waals surface area contributed by atoms with Gasteiger partial charge in [0.05, 0.1) is 23.7 Å². The number of carbonyl (C=O) groups is 1. The first-order chi connectivity index (χ1) is 12.5. The van der Waals surface area contributed by atoms with Crippen LogP contribution in [0.25, 0.3) is 0 Å². The monoisotopic (exact) mass is 392 g/mol. The Labute approximate surface area is 164 Å². The predicted octanol–water partition coefficient (Wildman–Crippen LogP) is 4.41. The Balaban J connectivity index is 1.80. The van der Waals surface area contributed by atoms with Gasteiger partial charge in [0.1, 0.15) is 11.9 Å². The van der Waals surface area contributed by atoms with Gasteiger partial charge in [0, 0.05) is 6.54 Å². The van der Waals surface area contributed by atoms with Gasteiger partial charge in [0.2, 0.25) is 5.91 Å². The summed E-state index contributed by atoms with van der Waals surface area (Å²) in [6.07, 6.45) is 0.672. The Kier molecular flexibility index (Phi) is 6.07. The molecule has 1 amide bonds. The van der Waals surface area contributed by atoms with Crippen molar-refractivity contribution < 1.29 is 9.53 Å². The van der Waals surface area contributed by atoms with Gasteiger partial charge in [-0.3, -0.25) is 9.69 Å². The van der Waals surface area contributed by atoms with Crippen molar-refractivity contribution in [2.45, 2.75) is 19.5 Å². The van der Waals surface area contributed by atoms with Gasteiger partial charge in [0.25, 0.3) is 0 Å². The van der Waals surface area contributed by atoms with E-state index >= 15 is 0 Å². The Hall–Kier alpha value is -1.75. The molecule has 138 valence electrons. The molecule has 0 bridgehead atoms. The zero-order chi connectivity index (χ0) is 18.7. The number of methoxy groups -OCH3 is 1. The van der Waals surface area contributed by atoms with Crippen LogP contribution in [-0.4, -0.2) is 42.5 Å². The molecule has 26 heavy (non-hydrogen) atoms. The number of rotatable bonds is 6. The molecule has 1 heterocycles. The van der Waals surface area contributed by atoms with E-state index < -0.39 is 0 Å². The summed E-state index contributed by atoms with van der Waals surface area (Å²) in [5.41, 5.74) is 2.16. The molecular formula is C20H22Cl2N2O2. The van der Waals surface area contributed by atoms with Gasteiger partial charge in [0.15, 0.2) is 0 Å². The first-order valence-corrected chi connectivity index (χ1v) is 9.40. The van der Waals surface area contributed by atoms with Gasteiger partial charge >= 0.3 is 0 Å². The van der Waals surface area contributed by atoms with Gasteiger partial charge in [-0.05, 0) is 48.4 Å². The van der Waals surface area contributed by atoms with Crippen LogP contribution < -0.4 is 4.74 Å². The van der Waals surface area contributed by atoms with Crippen LogP contribution >= 0.6 is 23.2 Å². The number of nitrogens with zero attached hydrogens (tertiary/aromatic N) is 2. The third kappa shape index (κ3) is 3.98. The lowest BCUT2D eigenvalue weighted by molar-refractivity contribution is -0.128. The molecule has 3 rings (SSSR count). The molecule has 6 heteroatoms. The fraction of sp³-hybridized carbons (Fsp3) is 0.350. The standard InChI is InChI=1S/C20H22Cl2N2O2/c1-3-23-13-19(25)24(11-10-14-4-7-16(26-2)8-5-14)20(23)15-6-9-17(21)18(22)12-15/h4-9,12,20H,3,10-11,13H2,1-2H3. The summed E-state index contributed by atoms with van der Waals surface area (Å²) >= 11 is 12.3. The zero-order valence-corrected chi connectivity index (χ0v) is 16.4. The fourth-order valence-corrected chi connectivity index (χ4v) is 3.63. The minimum Gasteiger partial charge on any atom is -0.497 e. The summed E-state index contributed by atoms with van der Waals surface area (Å²) in [5.74, 6) is 0.966. The molecule has 0 N–H and O–H groups in total. The lowest BCUT2D eigenvalue weighted by atomic mass is 10.1. The molecular weight excluding hydrogens is 371 g/mol. The number of carbonyl (C=O) groups excluding carboxylic acids is 1. The van der Waals surface area contributed by atoms with E-state index in [-0.39, 0.29) is 12.1 Å². The molecule has 1 aliphatic heterocycles. The highest BCUT2D eigenvalue weighted by Crippen LogP contribution is 2.34. The molecule has 0 aliphatic carbocycles. The Bertz CT molecular complexity index is 780. The maximum absolute atomic E-state index is 12.6. The van der Waals surface area contributed by atoms with Gasteiger partial charge in [-0.15, -0.1) is 0 Å². The van der Waals surface area contributed by atoms with Crippen molar-refractivity contribution in [3.05, 3.63) is 63.6 Å².